The topological polar surface area (TPSA) is 72.3 Å². The Kier molecular flexibility index (Phi) is 3.51. The van der Waals surface area contributed by atoms with Crippen molar-refractivity contribution < 1.29 is 9.18 Å². The largest absolute Gasteiger partial charge is 0.398 e. The maximum atomic E-state index is 14.1. The lowest BCUT2D eigenvalue weighted by atomic mass is 9.88. The van der Waals surface area contributed by atoms with Gasteiger partial charge < -0.3 is 16.4 Å². The molecule has 2 saturated carbocycles. The molecule has 1 amide bonds. The summed E-state index contributed by atoms with van der Waals surface area (Å²) in [6.45, 7) is 0.820. The van der Waals surface area contributed by atoms with Crippen LogP contribution in [0.5, 0.6) is 0 Å². The average molecular weight is 291 g/mol. The molecule has 21 heavy (non-hydrogen) atoms. The molecule has 4 N–H and O–H groups in total. The Morgan fingerprint density at radius 3 is 2.71 bits per heavy atom. The number of hydrogen-bond acceptors (Lipinski definition) is 3. The van der Waals surface area contributed by atoms with Gasteiger partial charge in [0.25, 0.3) is 5.91 Å². The Hall–Kier alpha value is -1.78. The summed E-state index contributed by atoms with van der Waals surface area (Å²) >= 11 is 0. The summed E-state index contributed by atoms with van der Waals surface area (Å²) in [4.78, 5) is 13.3. The quantitative estimate of drug-likeness (QED) is 0.837. The third kappa shape index (κ3) is 2.57. The van der Waals surface area contributed by atoms with E-state index in [1.807, 2.05) is 11.9 Å². The molecule has 3 rings (SSSR count). The molecular formula is C16H22FN3O. The van der Waals surface area contributed by atoms with E-state index in [9.17, 15) is 9.18 Å². The molecule has 5 heteroatoms. The van der Waals surface area contributed by atoms with Gasteiger partial charge >= 0.3 is 0 Å². The monoisotopic (exact) mass is 291 g/mol. The molecule has 4 nitrogen and oxygen atoms in total. The number of carbonyl (C=O) groups excluding carboxylic acids is 1. The van der Waals surface area contributed by atoms with Gasteiger partial charge in [-0.05, 0) is 49.1 Å². The van der Waals surface area contributed by atoms with Crippen molar-refractivity contribution in [3.8, 4) is 0 Å². The molecule has 0 saturated heterocycles. The summed E-state index contributed by atoms with van der Waals surface area (Å²) in [5.74, 6) is 1.25. The molecule has 0 aromatic heterocycles. The Morgan fingerprint density at radius 1 is 1.38 bits per heavy atom. The summed E-state index contributed by atoms with van der Waals surface area (Å²) in [5, 5.41) is 0. The normalized spacial score (nSPS) is 27.0. The highest BCUT2D eigenvalue weighted by atomic mass is 19.1. The van der Waals surface area contributed by atoms with E-state index in [-0.39, 0.29) is 11.3 Å². The number of fused-ring (bicyclic) bond motifs is 2. The second-order valence-electron chi connectivity index (χ2n) is 6.57. The van der Waals surface area contributed by atoms with Crippen molar-refractivity contribution >= 4 is 17.3 Å². The van der Waals surface area contributed by atoms with Crippen LogP contribution >= 0.6 is 0 Å². The molecule has 2 aliphatic carbocycles. The van der Waals surface area contributed by atoms with Crippen molar-refractivity contribution in [2.45, 2.75) is 25.7 Å². The molecule has 0 spiro atoms. The van der Waals surface area contributed by atoms with Crippen LogP contribution in [0.1, 0.15) is 36.0 Å². The van der Waals surface area contributed by atoms with Crippen LogP contribution in [0.2, 0.25) is 0 Å². The van der Waals surface area contributed by atoms with E-state index in [0.29, 0.717) is 11.6 Å². The standard InChI is InChI=1S/C16H22FN3O/c1-20(8-11-5-9-2-3-10(11)4-9)15-6-12(16(19)21)14(18)7-13(15)17/h6-7,9-11H,2-5,8,18H2,1H3,(H2,19,21). The van der Waals surface area contributed by atoms with Crippen LogP contribution in [-0.4, -0.2) is 19.5 Å². The fourth-order valence-corrected chi connectivity index (χ4v) is 4.13. The summed E-state index contributed by atoms with van der Waals surface area (Å²) in [5.41, 5.74) is 11.6. The number of benzene rings is 1. The van der Waals surface area contributed by atoms with Gasteiger partial charge in [0.2, 0.25) is 0 Å². The van der Waals surface area contributed by atoms with Crippen LogP contribution < -0.4 is 16.4 Å². The van der Waals surface area contributed by atoms with Crippen molar-refractivity contribution in [3.63, 3.8) is 0 Å². The summed E-state index contributed by atoms with van der Waals surface area (Å²) in [6, 6.07) is 2.66. The average Bonchev–Trinajstić information content (AvgIpc) is 3.00. The number of amides is 1. The van der Waals surface area contributed by atoms with Crippen LogP contribution in [0.4, 0.5) is 15.8 Å². The summed E-state index contributed by atoms with van der Waals surface area (Å²) in [7, 11) is 1.87. The molecule has 0 heterocycles. The first kappa shape index (κ1) is 14.2. The van der Waals surface area contributed by atoms with Crippen LogP contribution in [0.3, 0.4) is 0 Å². The van der Waals surface area contributed by atoms with Gasteiger partial charge in [0.05, 0.1) is 11.3 Å². The highest BCUT2D eigenvalue weighted by Crippen LogP contribution is 2.48. The number of carbonyl (C=O) groups is 1. The van der Waals surface area contributed by atoms with Gasteiger partial charge in [-0.3, -0.25) is 4.79 Å². The maximum Gasteiger partial charge on any atom is 0.250 e. The molecule has 3 unspecified atom stereocenters. The lowest BCUT2D eigenvalue weighted by Gasteiger charge is -2.29. The van der Waals surface area contributed by atoms with Crippen molar-refractivity contribution in [1.82, 2.24) is 0 Å². The smallest absolute Gasteiger partial charge is 0.250 e. The molecule has 1 aromatic carbocycles. The number of rotatable bonds is 4. The minimum atomic E-state index is -0.623. The Morgan fingerprint density at radius 2 is 2.14 bits per heavy atom. The molecular weight excluding hydrogens is 269 g/mol. The maximum absolute atomic E-state index is 14.1. The third-order valence-corrected chi connectivity index (χ3v) is 5.19. The number of halogens is 1. The van der Waals surface area contributed by atoms with E-state index in [2.05, 4.69) is 0 Å². The van der Waals surface area contributed by atoms with E-state index < -0.39 is 11.7 Å². The number of nitrogen functional groups attached to an aromatic ring is 1. The first-order valence-corrected chi connectivity index (χ1v) is 7.55. The van der Waals surface area contributed by atoms with E-state index in [1.165, 1.54) is 37.8 Å². The SMILES string of the molecule is CN(CC1CC2CCC1C2)c1cc(C(N)=O)c(N)cc1F. The second kappa shape index (κ2) is 5.20. The number of nitrogens with zero attached hydrogens (tertiary/aromatic N) is 1. The highest BCUT2D eigenvalue weighted by molar-refractivity contribution is 5.99. The van der Waals surface area contributed by atoms with Gasteiger partial charge in [-0.25, -0.2) is 4.39 Å². The Labute approximate surface area is 124 Å². The lowest BCUT2D eigenvalue weighted by Crippen LogP contribution is -2.29. The third-order valence-electron chi connectivity index (χ3n) is 5.19. The van der Waals surface area contributed by atoms with E-state index in [1.54, 1.807) is 0 Å². The van der Waals surface area contributed by atoms with Crippen molar-refractivity contribution in [1.29, 1.82) is 0 Å². The van der Waals surface area contributed by atoms with Crippen LogP contribution in [-0.2, 0) is 0 Å². The first-order chi connectivity index (χ1) is 9.95. The number of hydrogen-bond donors (Lipinski definition) is 2. The first-order valence-electron chi connectivity index (χ1n) is 7.55. The van der Waals surface area contributed by atoms with Crippen LogP contribution in [0, 0.1) is 23.6 Å². The van der Waals surface area contributed by atoms with Gasteiger partial charge in [0.1, 0.15) is 5.82 Å². The molecule has 1 aromatic rings. The van der Waals surface area contributed by atoms with Gasteiger partial charge in [-0.1, -0.05) is 6.42 Å². The second-order valence-corrected chi connectivity index (χ2v) is 6.57. The lowest BCUT2D eigenvalue weighted by molar-refractivity contribution is 0.100. The van der Waals surface area contributed by atoms with Crippen molar-refractivity contribution in [2.75, 3.05) is 24.2 Å². The van der Waals surface area contributed by atoms with E-state index in [0.717, 1.165) is 18.4 Å². The minimum absolute atomic E-state index is 0.0945. The van der Waals surface area contributed by atoms with E-state index in [4.69, 9.17) is 11.5 Å². The summed E-state index contributed by atoms with van der Waals surface area (Å²) < 4.78 is 14.1. The van der Waals surface area contributed by atoms with Gasteiger partial charge in [-0.2, -0.15) is 0 Å². The fraction of sp³-hybridized carbons (Fsp3) is 0.562. The van der Waals surface area contributed by atoms with Gasteiger partial charge in [-0.15, -0.1) is 0 Å². The van der Waals surface area contributed by atoms with Crippen LogP contribution in [0.15, 0.2) is 12.1 Å². The Bertz CT molecular complexity index is 575. The predicted octanol–water partition coefficient (Wildman–Crippen LogP) is 2.38. The zero-order valence-electron chi connectivity index (χ0n) is 12.3. The molecule has 2 bridgehead atoms. The minimum Gasteiger partial charge on any atom is -0.398 e. The molecule has 114 valence electrons. The molecule has 2 aliphatic rings. The van der Waals surface area contributed by atoms with E-state index >= 15 is 0 Å². The van der Waals surface area contributed by atoms with Crippen LogP contribution in [0.25, 0.3) is 0 Å². The zero-order valence-corrected chi connectivity index (χ0v) is 12.3. The fourth-order valence-electron chi connectivity index (χ4n) is 4.13. The number of anilines is 2. The van der Waals surface area contributed by atoms with Crippen molar-refractivity contribution in [3.05, 3.63) is 23.5 Å². The number of primary amides is 1. The van der Waals surface area contributed by atoms with Crippen molar-refractivity contribution in [2.24, 2.45) is 23.5 Å². The summed E-state index contributed by atoms with van der Waals surface area (Å²) in [6.07, 6.45) is 5.23. The molecule has 0 radical (unpaired) electrons. The Balaban J connectivity index is 1.79. The molecule has 3 atom stereocenters. The zero-order chi connectivity index (χ0) is 15.1. The highest BCUT2D eigenvalue weighted by Gasteiger charge is 2.39. The van der Waals surface area contributed by atoms with Gasteiger partial charge in [0.15, 0.2) is 0 Å². The molecule has 2 fully saturated rings. The van der Waals surface area contributed by atoms with Gasteiger partial charge in [0, 0.05) is 19.3 Å². The number of nitrogens with two attached hydrogens (primary N) is 2. The molecule has 0 aliphatic heterocycles. The predicted molar refractivity (Wildman–Crippen MR) is 81.5 cm³/mol.